The van der Waals surface area contributed by atoms with E-state index >= 15 is 0 Å². The Bertz CT molecular complexity index is 2480. The summed E-state index contributed by atoms with van der Waals surface area (Å²) < 4.78 is 18.5. The third-order valence-corrected chi connectivity index (χ3v) is 12.4. The van der Waals surface area contributed by atoms with E-state index in [9.17, 15) is 19.2 Å². The van der Waals surface area contributed by atoms with Crippen LogP contribution in [0.2, 0.25) is 0 Å². The quantitative estimate of drug-likeness (QED) is 0.154. The Kier molecular flexibility index (Phi) is 9.73. The van der Waals surface area contributed by atoms with Crippen LogP contribution in [0.15, 0.2) is 74.3 Å². The monoisotopic (exact) mass is 835 g/mol. The van der Waals surface area contributed by atoms with Gasteiger partial charge in [-0.25, -0.2) is 4.98 Å². The van der Waals surface area contributed by atoms with Crippen LogP contribution in [0.1, 0.15) is 41.6 Å². The number of nitrogens with zero attached hydrogens (tertiary/aromatic N) is 5. The number of hydrogen-bond acceptors (Lipinski definition) is 12. The second kappa shape index (κ2) is 15.0. The second-order valence-corrected chi connectivity index (χ2v) is 16.0. The van der Waals surface area contributed by atoms with Crippen molar-refractivity contribution in [1.29, 1.82) is 0 Å². The zero-order valence-corrected chi connectivity index (χ0v) is 33.0. The van der Waals surface area contributed by atoms with E-state index < -0.39 is 11.9 Å². The highest BCUT2D eigenvalue weighted by molar-refractivity contribution is 9.10. The Hall–Kier alpha value is -5.67. The fraction of sp³-hybridized carbons (Fsp3) is 0.357. The first-order valence-corrected chi connectivity index (χ1v) is 20.1. The van der Waals surface area contributed by atoms with Crippen LogP contribution in [0.25, 0.3) is 22.1 Å². The van der Waals surface area contributed by atoms with Gasteiger partial charge in [-0.1, -0.05) is 6.07 Å². The van der Waals surface area contributed by atoms with Crippen molar-refractivity contribution in [3.63, 3.8) is 0 Å². The van der Waals surface area contributed by atoms with E-state index in [1.807, 2.05) is 36.4 Å². The largest absolute Gasteiger partial charge is 0.496 e. The van der Waals surface area contributed by atoms with E-state index in [0.29, 0.717) is 56.2 Å². The molecule has 3 aromatic carbocycles. The minimum absolute atomic E-state index is 0.104. The molecule has 1 unspecified atom stereocenters. The second-order valence-electron chi connectivity index (χ2n) is 15.2. The third-order valence-electron chi connectivity index (χ3n) is 11.7. The number of aromatic nitrogens is 1. The fourth-order valence-corrected chi connectivity index (χ4v) is 9.15. The molecule has 3 saturated heterocycles. The molecule has 0 radical (unpaired) electrons. The molecular weight excluding hydrogens is 794 g/mol. The van der Waals surface area contributed by atoms with E-state index in [4.69, 9.17) is 19.6 Å². The maximum absolute atomic E-state index is 13.5. The molecule has 4 aliphatic rings. The van der Waals surface area contributed by atoms with Crippen LogP contribution in [0, 0.1) is 5.92 Å². The highest BCUT2D eigenvalue weighted by Crippen LogP contribution is 2.39. The van der Waals surface area contributed by atoms with Crippen LogP contribution in [0.5, 0.6) is 17.2 Å². The predicted molar refractivity (Wildman–Crippen MR) is 219 cm³/mol. The first kappa shape index (κ1) is 36.9. The lowest BCUT2D eigenvalue weighted by atomic mass is 9.95. The molecule has 0 bridgehead atoms. The molecule has 3 fully saturated rings. The van der Waals surface area contributed by atoms with Crippen molar-refractivity contribution in [3.05, 3.63) is 86.5 Å². The molecule has 6 heterocycles. The Morgan fingerprint density at radius 3 is 2.37 bits per heavy atom. The van der Waals surface area contributed by atoms with Gasteiger partial charge in [0, 0.05) is 85.8 Å². The number of fused-ring (bicyclic) bond motifs is 3. The lowest BCUT2D eigenvalue weighted by molar-refractivity contribution is -0.136. The molecule has 9 rings (SSSR count). The average molecular weight is 837 g/mol. The minimum Gasteiger partial charge on any atom is -0.496 e. The normalized spacial score (nSPS) is 19.4. The van der Waals surface area contributed by atoms with Crippen molar-refractivity contribution in [2.45, 2.75) is 38.3 Å². The van der Waals surface area contributed by atoms with Gasteiger partial charge < -0.3 is 34.3 Å². The standard InChI is InChI=1S/C42H42BrN7O7/c1-55-33-20-26(19-28-29(33)23-50(42(28)54)31-9-10-36(51)45-41(31)53)48-13-11-24(12-14-48)22-47-15-17-49(18-16-47)25-5-7-27(8-6-25)56-35-21-34-38(46-40(35)44)39(52)37-30(43)3-2-4-32(37)57-34/h2-8,19-21,24,31H,9-18,22-23H2,1H3,(H2,44,46)(H,45,51,53). The van der Waals surface area contributed by atoms with Gasteiger partial charge in [0.2, 0.25) is 17.2 Å². The number of nitrogens with two attached hydrogens (primary N) is 1. The van der Waals surface area contributed by atoms with Crippen molar-refractivity contribution < 1.29 is 28.3 Å². The Balaban J connectivity index is 0.775. The number of ether oxygens (including phenoxy) is 2. The summed E-state index contributed by atoms with van der Waals surface area (Å²) in [5.41, 5.74) is 10.3. The predicted octanol–water partition coefficient (Wildman–Crippen LogP) is 5.29. The minimum atomic E-state index is -0.659. The van der Waals surface area contributed by atoms with Gasteiger partial charge in [0.1, 0.15) is 23.1 Å². The van der Waals surface area contributed by atoms with Crippen molar-refractivity contribution in [1.82, 2.24) is 20.1 Å². The van der Waals surface area contributed by atoms with E-state index in [2.05, 4.69) is 40.9 Å². The SMILES string of the molecule is COc1cc(N2CCC(CN3CCN(c4ccc(Oc5cc6oc7cccc(Br)c7c(=O)c6nc5N)cc4)CC3)CC2)cc2c1CN(C1CCC(=O)NC1=O)C2=O. The maximum atomic E-state index is 13.5. The molecule has 57 heavy (non-hydrogen) atoms. The highest BCUT2D eigenvalue weighted by atomic mass is 79.9. The molecule has 0 saturated carbocycles. The molecule has 2 aromatic heterocycles. The van der Waals surface area contributed by atoms with Crippen molar-refractivity contribution in [2.24, 2.45) is 5.92 Å². The van der Waals surface area contributed by atoms with Crippen LogP contribution in [0.3, 0.4) is 0 Å². The lowest BCUT2D eigenvalue weighted by Crippen LogP contribution is -2.52. The first-order valence-electron chi connectivity index (χ1n) is 19.3. The number of nitrogens with one attached hydrogen (secondary N) is 1. The number of carbonyl (C=O) groups is 3. The van der Waals surface area contributed by atoms with E-state index in [1.54, 1.807) is 36.3 Å². The summed E-state index contributed by atoms with van der Waals surface area (Å²) in [4.78, 5) is 64.1. The zero-order valence-electron chi connectivity index (χ0n) is 31.5. The fourth-order valence-electron chi connectivity index (χ4n) is 8.62. The number of imide groups is 1. The van der Waals surface area contributed by atoms with Crippen molar-refractivity contribution in [3.8, 4) is 17.2 Å². The summed E-state index contributed by atoms with van der Waals surface area (Å²) in [6, 6.07) is 18.2. The smallest absolute Gasteiger partial charge is 0.255 e. The zero-order chi connectivity index (χ0) is 39.4. The molecule has 0 spiro atoms. The van der Waals surface area contributed by atoms with E-state index in [0.717, 1.165) is 75.6 Å². The molecule has 0 aliphatic carbocycles. The number of carbonyl (C=O) groups excluding carboxylic acids is 3. The van der Waals surface area contributed by atoms with Crippen molar-refractivity contribution in [2.75, 3.05) is 68.5 Å². The van der Waals surface area contributed by atoms with Crippen molar-refractivity contribution >= 4 is 72.9 Å². The Labute approximate surface area is 336 Å². The summed E-state index contributed by atoms with van der Waals surface area (Å²) in [5, 5.41) is 2.79. The van der Waals surface area contributed by atoms with Crippen LogP contribution < -0.4 is 35.8 Å². The van der Waals surface area contributed by atoms with Gasteiger partial charge in [-0.2, -0.15) is 0 Å². The van der Waals surface area contributed by atoms with Gasteiger partial charge in [-0.05, 0) is 83.6 Å². The van der Waals surface area contributed by atoms with Crippen LogP contribution >= 0.6 is 15.9 Å². The molecule has 5 aromatic rings. The number of pyridine rings is 1. The summed E-state index contributed by atoms with van der Waals surface area (Å²) in [6.45, 7) is 6.90. The van der Waals surface area contributed by atoms with Gasteiger partial charge in [0.15, 0.2) is 22.7 Å². The van der Waals surface area contributed by atoms with Gasteiger partial charge in [0.05, 0.1) is 24.6 Å². The summed E-state index contributed by atoms with van der Waals surface area (Å²) in [7, 11) is 1.61. The first-order chi connectivity index (χ1) is 27.6. The van der Waals surface area contributed by atoms with Gasteiger partial charge in [-0.3, -0.25) is 29.4 Å². The topological polar surface area (TPSA) is 164 Å². The molecule has 3 amide bonds. The Morgan fingerprint density at radius 1 is 0.877 bits per heavy atom. The number of amides is 3. The molecule has 4 aliphatic heterocycles. The molecule has 15 heteroatoms. The van der Waals surface area contributed by atoms with Crippen LogP contribution in [-0.4, -0.2) is 91.5 Å². The van der Waals surface area contributed by atoms with Crippen LogP contribution in [-0.2, 0) is 16.1 Å². The summed E-state index contributed by atoms with van der Waals surface area (Å²) >= 11 is 3.42. The molecule has 14 nitrogen and oxygen atoms in total. The number of anilines is 3. The Morgan fingerprint density at radius 2 is 1.63 bits per heavy atom. The molecular formula is C42H42BrN7O7. The van der Waals surface area contributed by atoms with Gasteiger partial charge in [0.25, 0.3) is 5.91 Å². The maximum Gasteiger partial charge on any atom is 0.255 e. The van der Waals surface area contributed by atoms with Gasteiger partial charge in [-0.15, -0.1) is 0 Å². The number of halogens is 1. The molecule has 3 N–H and O–H groups in total. The van der Waals surface area contributed by atoms with E-state index in [-0.39, 0.29) is 41.5 Å². The molecule has 294 valence electrons. The van der Waals surface area contributed by atoms with Gasteiger partial charge >= 0.3 is 0 Å². The number of nitrogen functional groups attached to an aromatic ring is 1. The third kappa shape index (κ3) is 7.03. The number of piperidine rings is 2. The van der Waals surface area contributed by atoms with Crippen LogP contribution in [0.4, 0.5) is 17.2 Å². The summed E-state index contributed by atoms with van der Waals surface area (Å²) in [5.74, 6) is 1.34. The molecule has 1 atom stereocenters. The highest BCUT2D eigenvalue weighted by Gasteiger charge is 2.41. The number of hydrogen-bond donors (Lipinski definition) is 2. The number of rotatable bonds is 8. The average Bonchev–Trinajstić information content (AvgIpc) is 3.54. The lowest BCUT2D eigenvalue weighted by Gasteiger charge is -2.40. The number of methoxy groups -OCH3 is 1. The number of benzene rings is 3. The van der Waals surface area contributed by atoms with E-state index in [1.165, 1.54) is 0 Å². The summed E-state index contributed by atoms with van der Waals surface area (Å²) in [6.07, 6.45) is 2.65. The number of piperazine rings is 1.